The number of halogens is 2. The fourth-order valence-corrected chi connectivity index (χ4v) is 2.08. The second-order valence-electron chi connectivity index (χ2n) is 4.16. The van der Waals surface area contributed by atoms with E-state index in [1.807, 2.05) is 6.92 Å². The van der Waals surface area contributed by atoms with E-state index in [2.05, 4.69) is 11.4 Å². The quantitative estimate of drug-likeness (QED) is 0.913. The SMILES string of the molecule is CCN(CC(C)C#N)C(=O)Nc1cc(Cl)cc(Cl)c1. The van der Waals surface area contributed by atoms with E-state index < -0.39 is 0 Å². The Kier molecular flexibility index (Phi) is 5.94. The number of nitriles is 1. The number of rotatable bonds is 4. The monoisotopic (exact) mass is 299 g/mol. The van der Waals surface area contributed by atoms with Gasteiger partial charge in [-0.05, 0) is 32.0 Å². The normalized spacial score (nSPS) is 11.5. The highest BCUT2D eigenvalue weighted by molar-refractivity contribution is 6.35. The van der Waals surface area contributed by atoms with Gasteiger partial charge in [0, 0.05) is 28.8 Å². The van der Waals surface area contributed by atoms with Gasteiger partial charge < -0.3 is 10.2 Å². The van der Waals surface area contributed by atoms with Gasteiger partial charge in [0.05, 0.1) is 12.0 Å². The summed E-state index contributed by atoms with van der Waals surface area (Å²) >= 11 is 11.7. The van der Waals surface area contributed by atoms with E-state index in [9.17, 15) is 4.79 Å². The van der Waals surface area contributed by atoms with Crippen LogP contribution in [0.4, 0.5) is 10.5 Å². The molecule has 0 aliphatic rings. The number of nitrogens with zero attached hydrogens (tertiary/aromatic N) is 2. The zero-order valence-electron chi connectivity index (χ0n) is 10.8. The minimum atomic E-state index is -0.275. The van der Waals surface area contributed by atoms with Crippen LogP contribution in [0.3, 0.4) is 0 Å². The van der Waals surface area contributed by atoms with E-state index in [1.54, 1.807) is 30.0 Å². The highest BCUT2D eigenvalue weighted by Crippen LogP contribution is 2.22. The van der Waals surface area contributed by atoms with Crippen LogP contribution in [0.2, 0.25) is 10.0 Å². The molecule has 19 heavy (non-hydrogen) atoms. The van der Waals surface area contributed by atoms with Gasteiger partial charge in [-0.15, -0.1) is 0 Å². The van der Waals surface area contributed by atoms with Crippen LogP contribution in [0.1, 0.15) is 13.8 Å². The Morgan fingerprint density at radius 1 is 1.42 bits per heavy atom. The number of anilines is 1. The summed E-state index contributed by atoms with van der Waals surface area (Å²) in [5.74, 6) is -0.214. The van der Waals surface area contributed by atoms with Crippen LogP contribution in [0.5, 0.6) is 0 Å². The average molecular weight is 300 g/mol. The molecule has 0 aliphatic heterocycles. The van der Waals surface area contributed by atoms with Gasteiger partial charge in [0.15, 0.2) is 0 Å². The number of hydrogen-bond acceptors (Lipinski definition) is 2. The van der Waals surface area contributed by atoms with Crippen molar-refractivity contribution in [3.8, 4) is 6.07 Å². The van der Waals surface area contributed by atoms with Crippen LogP contribution in [0.15, 0.2) is 18.2 Å². The second kappa shape index (κ2) is 7.22. The Hall–Kier alpha value is -1.44. The fourth-order valence-electron chi connectivity index (χ4n) is 1.56. The molecule has 1 aromatic rings. The fraction of sp³-hybridized carbons (Fsp3) is 0.385. The maximum Gasteiger partial charge on any atom is 0.321 e. The highest BCUT2D eigenvalue weighted by atomic mass is 35.5. The van der Waals surface area contributed by atoms with Crippen LogP contribution >= 0.6 is 23.2 Å². The second-order valence-corrected chi connectivity index (χ2v) is 5.03. The minimum absolute atomic E-state index is 0.214. The van der Waals surface area contributed by atoms with E-state index in [0.29, 0.717) is 28.8 Å². The molecule has 0 saturated carbocycles. The first-order valence-corrected chi connectivity index (χ1v) is 6.63. The van der Waals surface area contributed by atoms with Crippen molar-refractivity contribution in [2.24, 2.45) is 5.92 Å². The van der Waals surface area contributed by atoms with Crippen LogP contribution in [0.25, 0.3) is 0 Å². The molecule has 1 atom stereocenters. The van der Waals surface area contributed by atoms with Crippen molar-refractivity contribution in [3.05, 3.63) is 28.2 Å². The molecule has 1 N–H and O–H groups in total. The van der Waals surface area contributed by atoms with Gasteiger partial charge in [0.1, 0.15) is 0 Å². The number of carbonyl (C=O) groups is 1. The Balaban J connectivity index is 2.74. The lowest BCUT2D eigenvalue weighted by Crippen LogP contribution is -2.37. The van der Waals surface area contributed by atoms with E-state index in [4.69, 9.17) is 28.5 Å². The van der Waals surface area contributed by atoms with Gasteiger partial charge in [0.2, 0.25) is 0 Å². The zero-order chi connectivity index (χ0) is 14.4. The third-order valence-corrected chi connectivity index (χ3v) is 2.93. The van der Waals surface area contributed by atoms with Gasteiger partial charge in [-0.25, -0.2) is 4.79 Å². The smallest absolute Gasteiger partial charge is 0.321 e. The van der Waals surface area contributed by atoms with Crippen LogP contribution in [-0.2, 0) is 0 Å². The molecule has 0 saturated heterocycles. The first-order valence-electron chi connectivity index (χ1n) is 5.88. The molecular weight excluding hydrogens is 285 g/mol. The number of amides is 2. The first kappa shape index (κ1) is 15.6. The van der Waals surface area contributed by atoms with E-state index in [-0.39, 0.29) is 11.9 Å². The lowest BCUT2D eigenvalue weighted by molar-refractivity contribution is 0.210. The molecule has 0 aliphatic carbocycles. The molecule has 1 aromatic carbocycles. The average Bonchev–Trinajstić information content (AvgIpc) is 2.34. The summed E-state index contributed by atoms with van der Waals surface area (Å²) in [5, 5.41) is 12.4. The molecule has 102 valence electrons. The maximum absolute atomic E-state index is 12.0. The van der Waals surface area contributed by atoms with Gasteiger partial charge in [-0.1, -0.05) is 23.2 Å². The molecule has 0 aromatic heterocycles. The number of urea groups is 1. The van der Waals surface area contributed by atoms with Crippen molar-refractivity contribution in [2.75, 3.05) is 18.4 Å². The summed E-state index contributed by atoms with van der Waals surface area (Å²) in [6, 6.07) is 6.66. The van der Waals surface area contributed by atoms with Crippen molar-refractivity contribution < 1.29 is 4.79 Å². The van der Waals surface area contributed by atoms with Gasteiger partial charge in [0.25, 0.3) is 0 Å². The molecule has 6 heteroatoms. The highest BCUT2D eigenvalue weighted by Gasteiger charge is 2.15. The van der Waals surface area contributed by atoms with Crippen molar-refractivity contribution in [1.29, 1.82) is 5.26 Å². The van der Waals surface area contributed by atoms with Crippen molar-refractivity contribution in [1.82, 2.24) is 4.90 Å². The molecule has 0 heterocycles. The summed E-state index contributed by atoms with van der Waals surface area (Å²) in [4.78, 5) is 13.6. The third-order valence-electron chi connectivity index (χ3n) is 2.50. The molecule has 0 bridgehead atoms. The van der Waals surface area contributed by atoms with Crippen molar-refractivity contribution in [2.45, 2.75) is 13.8 Å². The Labute approximate surface area is 122 Å². The molecule has 0 radical (unpaired) electrons. The predicted octanol–water partition coefficient (Wildman–Crippen LogP) is 4.01. The summed E-state index contributed by atoms with van der Waals surface area (Å²) in [6.45, 7) is 4.53. The largest absolute Gasteiger partial charge is 0.324 e. The Bertz CT molecular complexity index is 479. The molecule has 0 spiro atoms. The number of nitrogens with one attached hydrogen (secondary N) is 1. The Morgan fingerprint density at radius 2 is 2.00 bits per heavy atom. The summed E-state index contributed by atoms with van der Waals surface area (Å²) in [5.41, 5.74) is 0.533. The number of carbonyl (C=O) groups excluding carboxylic acids is 1. The molecule has 1 rings (SSSR count). The van der Waals surface area contributed by atoms with E-state index >= 15 is 0 Å². The zero-order valence-corrected chi connectivity index (χ0v) is 12.3. The van der Waals surface area contributed by atoms with Crippen LogP contribution in [-0.4, -0.2) is 24.0 Å². The standard InChI is InChI=1S/C13H15Cl2N3O/c1-3-18(8-9(2)7-16)13(19)17-12-5-10(14)4-11(15)6-12/h4-6,9H,3,8H2,1-2H3,(H,17,19). The maximum atomic E-state index is 12.0. The summed E-state index contributed by atoms with van der Waals surface area (Å²) in [7, 11) is 0. The number of hydrogen-bond donors (Lipinski definition) is 1. The van der Waals surface area contributed by atoms with Crippen LogP contribution < -0.4 is 5.32 Å². The molecule has 0 fully saturated rings. The minimum Gasteiger partial charge on any atom is -0.324 e. The predicted molar refractivity (Wildman–Crippen MR) is 77.5 cm³/mol. The topological polar surface area (TPSA) is 56.1 Å². The van der Waals surface area contributed by atoms with Gasteiger partial charge >= 0.3 is 6.03 Å². The van der Waals surface area contributed by atoms with Crippen molar-refractivity contribution in [3.63, 3.8) is 0 Å². The molecular formula is C13H15Cl2N3O. The number of benzene rings is 1. The third kappa shape index (κ3) is 4.98. The molecule has 2 amide bonds. The van der Waals surface area contributed by atoms with E-state index in [1.165, 1.54) is 0 Å². The summed E-state index contributed by atoms with van der Waals surface area (Å²) < 4.78 is 0. The van der Waals surface area contributed by atoms with Crippen LogP contribution in [0, 0.1) is 17.2 Å². The van der Waals surface area contributed by atoms with Gasteiger partial charge in [-0.2, -0.15) is 5.26 Å². The van der Waals surface area contributed by atoms with Crippen molar-refractivity contribution >= 4 is 34.9 Å². The molecule has 1 unspecified atom stereocenters. The first-order chi connectivity index (χ1) is 8.96. The summed E-state index contributed by atoms with van der Waals surface area (Å²) in [6.07, 6.45) is 0. The van der Waals surface area contributed by atoms with Gasteiger partial charge in [-0.3, -0.25) is 0 Å². The molecule has 4 nitrogen and oxygen atoms in total. The van der Waals surface area contributed by atoms with E-state index in [0.717, 1.165) is 0 Å². The Morgan fingerprint density at radius 3 is 2.47 bits per heavy atom. The lowest BCUT2D eigenvalue weighted by atomic mass is 10.2. The lowest BCUT2D eigenvalue weighted by Gasteiger charge is -2.22.